The number of nitrogens with one attached hydrogen (secondary N) is 1. The number of benzene rings is 1. The molecule has 0 aromatic heterocycles. The predicted octanol–water partition coefficient (Wildman–Crippen LogP) is 2.15. The van der Waals surface area contributed by atoms with Crippen LogP contribution in [-0.4, -0.2) is 46.5 Å². The van der Waals surface area contributed by atoms with E-state index in [9.17, 15) is 0 Å². The number of hydrogen-bond donors (Lipinski definition) is 1. The standard InChI is InChI=1S/C16H26N2O2/c1-4-17-16(13-9-10-20-12-13)11-18(2)14-5-7-15(19-3)8-6-14/h5-8,13,16-17H,4,9-12H2,1-3H3. The van der Waals surface area contributed by atoms with Gasteiger partial charge in [-0.05, 0) is 37.2 Å². The van der Waals surface area contributed by atoms with Crippen molar-refractivity contribution >= 4 is 5.69 Å². The summed E-state index contributed by atoms with van der Waals surface area (Å²) in [5, 5.41) is 3.60. The first kappa shape index (κ1) is 15.1. The van der Waals surface area contributed by atoms with Crippen LogP contribution in [0.25, 0.3) is 0 Å². The van der Waals surface area contributed by atoms with E-state index in [0.717, 1.165) is 38.5 Å². The van der Waals surface area contributed by atoms with Gasteiger partial charge in [0.15, 0.2) is 0 Å². The van der Waals surface area contributed by atoms with Crippen molar-refractivity contribution in [2.45, 2.75) is 19.4 Å². The average molecular weight is 278 g/mol. The van der Waals surface area contributed by atoms with Gasteiger partial charge in [-0.15, -0.1) is 0 Å². The Morgan fingerprint density at radius 1 is 1.40 bits per heavy atom. The van der Waals surface area contributed by atoms with Gasteiger partial charge in [-0.25, -0.2) is 0 Å². The lowest BCUT2D eigenvalue weighted by Gasteiger charge is -2.29. The van der Waals surface area contributed by atoms with E-state index < -0.39 is 0 Å². The van der Waals surface area contributed by atoms with Gasteiger partial charge in [-0.2, -0.15) is 0 Å². The molecule has 0 bridgehead atoms. The molecule has 0 spiro atoms. The number of rotatable bonds is 7. The largest absolute Gasteiger partial charge is 0.497 e. The highest BCUT2D eigenvalue weighted by atomic mass is 16.5. The van der Waals surface area contributed by atoms with Gasteiger partial charge < -0.3 is 19.7 Å². The molecule has 2 unspecified atom stereocenters. The summed E-state index contributed by atoms with van der Waals surface area (Å²) in [6.45, 7) is 5.94. The number of ether oxygens (including phenoxy) is 2. The molecule has 2 atom stereocenters. The van der Waals surface area contributed by atoms with Gasteiger partial charge in [-0.1, -0.05) is 6.92 Å². The van der Waals surface area contributed by atoms with Crippen LogP contribution < -0.4 is 15.0 Å². The van der Waals surface area contributed by atoms with E-state index in [2.05, 4.69) is 36.3 Å². The Balaban J connectivity index is 1.97. The van der Waals surface area contributed by atoms with Crippen molar-refractivity contribution in [3.63, 3.8) is 0 Å². The third-order valence-corrected chi connectivity index (χ3v) is 3.98. The van der Waals surface area contributed by atoms with Gasteiger partial charge in [0.25, 0.3) is 0 Å². The Kier molecular flexibility index (Phi) is 5.68. The van der Waals surface area contributed by atoms with E-state index in [4.69, 9.17) is 9.47 Å². The van der Waals surface area contributed by atoms with Crippen LogP contribution in [0.3, 0.4) is 0 Å². The fourth-order valence-corrected chi connectivity index (χ4v) is 2.75. The van der Waals surface area contributed by atoms with Crippen LogP contribution in [0.1, 0.15) is 13.3 Å². The first-order valence-electron chi connectivity index (χ1n) is 7.41. The maximum absolute atomic E-state index is 5.53. The summed E-state index contributed by atoms with van der Waals surface area (Å²) in [4.78, 5) is 2.30. The second-order valence-electron chi connectivity index (χ2n) is 5.37. The van der Waals surface area contributed by atoms with Gasteiger partial charge >= 0.3 is 0 Å². The summed E-state index contributed by atoms with van der Waals surface area (Å²) in [6.07, 6.45) is 1.16. The van der Waals surface area contributed by atoms with E-state index in [0.29, 0.717) is 12.0 Å². The lowest BCUT2D eigenvalue weighted by atomic mass is 9.98. The monoisotopic (exact) mass is 278 g/mol. The van der Waals surface area contributed by atoms with Crippen molar-refractivity contribution < 1.29 is 9.47 Å². The highest BCUT2D eigenvalue weighted by molar-refractivity contribution is 5.48. The molecular formula is C16H26N2O2. The van der Waals surface area contributed by atoms with Crippen LogP contribution in [-0.2, 0) is 4.74 Å². The number of methoxy groups -OCH3 is 1. The molecule has 0 radical (unpaired) electrons. The number of anilines is 1. The van der Waals surface area contributed by atoms with Gasteiger partial charge in [-0.3, -0.25) is 0 Å². The Bertz CT molecular complexity index is 388. The molecule has 1 aromatic rings. The quantitative estimate of drug-likeness (QED) is 0.828. The minimum atomic E-state index is 0.481. The van der Waals surface area contributed by atoms with Crippen molar-refractivity contribution in [1.29, 1.82) is 0 Å². The molecule has 2 rings (SSSR count). The zero-order chi connectivity index (χ0) is 14.4. The molecule has 1 N–H and O–H groups in total. The highest BCUT2D eigenvalue weighted by Gasteiger charge is 2.26. The average Bonchev–Trinajstić information content (AvgIpc) is 3.01. The zero-order valence-corrected chi connectivity index (χ0v) is 12.8. The van der Waals surface area contributed by atoms with Crippen molar-refractivity contribution in [3.8, 4) is 5.75 Å². The Morgan fingerprint density at radius 2 is 2.15 bits per heavy atom. The van der Waals surface area contributed by atoms with Crippen LogP contribution in [0.15, 0.2) is 24.3 Å². The zero-order valence-electron chi connectivity index (χ0n) is 12.8. The molecule has 0 saturated carbocycles. The van der Waals surface area contributed by atoms with E-state index in [-0.39, 0.29) is 0 Å². The Morgan fingerprint density at radius 3 is 2.70 bits per heavy atom. The van der Waals surface area contributed by atoms with Gasteiger partial charge in [0, 0.05) is 37.8 Å². The van der Waals surface area contributed by atoms with Crippen molar-refractivity contribution in [2.24, 2.45) is 5.92 Å². The minimum absolute atomic E-state index is 0.481. The molecular weight excluding hydrogens is 252 g/mol. The summed E-state index contributed by atoms with van der Waals surface area (Å²) in [7, 11) is 3.84. The molecule has 1 aliphatic rings. The molecule has 20 heavy (non-hydrogen) atoms. The third-order valence-electron chi connectivity index (χ3n) is 3.98. The van der Waals surface area contributed by atoms with Crippen LogP contribution in [0, 0.1) is 5.92 Å². The van der Waals surface area contributed by atoms with Crippen LogP contribution in [0.4, 0.5) is 5.69 Å². The number of hydrogen-bond acceptors (Lipinski definition) is 4. The summed E-state index contributed by atoms with van der Waals surface area (Å²) in [5.74, 6) is 1.52. The highest BCUT2D eigenvalue weighted by Crippen LogP contribution is 2.21. The summed E-state index contributed by atoms with van der Waals surface area (Å²) in [5.41, 5.74) is 1.22. The van der Waals surface area contributed by atoms with Crippen molar-refractivity contribution in [3.05, 3.63) is 24.3 Å². The fraction of sp³-hybridized carbons (Fsp3) is 0.625. The topological polar surface area (TPSA) is 33.7 Å². The summed E-state index contributed by atoms with van der Waals surface area (Å²) in [6, 6.07) is 8.70. The SMILES string of the molecule is CCNC(CN(C)c1ccc(OC)cc1)C1CCOC1. The lowest BCUT2D eigenvalue weighted by molar-refractivity contribution is 0.177. The molecule has 112 valence electrons. The van der Waals surface area contributed by atoms with Crippen LogP contribution in [0.5, 0.6) is 5.75 Å². The first-order valence-corrected chi connectivity index (χ1v) is 7.41. The number of likely N-dealkylation sites (N-methyl/N-ethyl adjacent to an activating group) is 2. The molecule has 0 amide bonds. The van der Waals surface area contributed by atoms with Crippen molar-refractivity contribution in [2.75, 3.05) is 45.4 Å². The molecule has 1 fully saturated rings. The molecule has 4 heteroatoms. The normalized spacial score (nSPS) is 19.9. The molecule has 1 aromatic carbocycles. The first-order chi connectivity index (χ1) is 9.74. The maximum Gasteiger partial charge on any atom is 0.119 e. The smallest absolute Gasteiger partial charge is 0.119 e. The lowest BCUT2D eigenvalue weighted by Crippen LogP contribution is -2.45. The van der Waals surface area contributed by atoms with Gasteiger partial charge in [0.05, 0.1) is 13.7 Å². The predicted molar refractivity (Wildman–Crippen MR) is 82.7 cm³/mol. The second kappa shape index (κ2) is 7.50. The van der Waals surface area contributed by atoms with Crippen molar-refractivity contribution in [1.82, 2.24) is 5.32 Å². The second-order valence-corrected chi connectivity index (χ2v) is 5.37. The molecule has 1 saturated heterocycles. The van der Waals surface area contributed by atoms with Gasteiger partial charge in [0.1, 0.15) is 5.75 Å². The van der Waals surface area contributed by atoms with E-state index in [1.54, 1.807) is 7.11 Å². The van der Waals surface area contributed by atoms with Gasteiger partial charge in [0.2, 0.25) is 0 Å². The third kappa shape index (κ3) is 3.87. The van der Waals surface area contributed by atoms with Crippen LogP contribution in [0.2, 0.25) is 0 Å². The fourth-order valence-electron chi connectivity index (χ4n) is 2.75. The molecule has 0 aliphatic carbocycles. The summed E-state index contributed by atoms with van der Waals surface area (Å²) < 4.78 is 10.7. The minimum Gasteiger partial charge on any atom is -0.497 e. The number of nitrogens with zero attached hydrogens (tertiary/aromatic N) is 1. The van der Waals surface area contributed by atoms with E-state index in [1.807, 2.05) is 12.1 Å². The maximum atomic E-state index is 5.53. The molecule has 1 heterocycles. The Hall–Kier alpha value is -1.26. The van der Waals surface area contributed by atoms with E-state index in [1.165, 1.54) is 5.69 Å². The Labute approximate surface area is 122 Å². The van der Waals surface area contributed by atoms with E-state index >= 15 is 0 Å². The van der Waals surface area contributed by atoms with Crippen LogP contribution >= 0.6 is 0 Å². The molecule has 1 aliphatic heterocycles. The molecule has 4 nitrogen and oxygen atoms in total. The summed E-state index contributed by atoms with van der Waals surface area (Å²) >= 11 is 0.